The summed E-state index contributed by atoms with van der Waals surface area (Å²) >= 11 is 0. The first-order valence-corrected chi connectivity index (χ1v) is 14.6. The lowest BCUT2D eigenvalue weighted by molar-refractivity contribution is -0.142. The van der Waals surface area contributed by atoms with Gasteiger partial charge in [-0.25, -0.2) is 9.78 Å². The molecule has 2 aromatic carbocycles. The number of carboxylic acid groups (broad SMARTS) is 1. The topological polar surface area (TPSA) is 141 Å². The molecular weight excluding hydrogens is 550 g/mol. The summed E-state index contributed by atoms with van der Waals surface area (Å²) in [5, 5.41) is 30.8. The summed E-state index contributed by atoms with van der Waals surface area (Å²) in [7, 11) is 0. The predicted molar refractivity (Wildman–Crippen MR) is 159 cm³/mol. The molecule has 2 aliphatic heterocycles. The summed E-state index contributed by atoms with van der Waals surface area (Å²) < 4.78 is 3.25. The minimum absolute atomic E-state index is 0.0189. The quantitative estimate of drug-likeness (QED) is 0.316. The van der Waals surface area contributed by atoms with Gasteiger partial charge in [-0.3, -0.25) is 14.2 Å². The maximum Gasteiger partial charge on any atom is 0.407 e. The summed E-state index contributed by atoms with van der Waals surface area (Å²) in [4.78, 5) is 46.5. The van der Waals surface area contributed by atoms with Crippen molar-refractivity contribution in [3.63, 3.8) is 0 Å². The molecule has 0 unspecified atom stereocenters. The summed E-state index contributed by atoms with van der Waals surface area (Å²) in [6.07, 6.45) is 3.32. The first-order valence-electron chi connectivity index (χ1n) is 14.6. The Morgan fingerprint density at radius 2 is 1.67 bits per heavy atom. The van der Waals surface area contributed by atoms with Crippen molar-refractivity contribution in [1.82, 2.24) is 23.9 Å². The van der Waals surface area contributed by atoms with Crippen molar-refractivity contribution >= 4 is 23.0 Å². The molecule has 0 saturated carbocycles. The van der Waals surface area contributed by atoms with Gasteiger partial charge in [0.2, 0.25) is 5.91 Å². The van der Waals surface area contributed by atoms with Crippen molar-refractivity contribution in [3.05, 3.63) is 94.7 Å². The fourth-order valence-corrected chi connectivity index (χ4v) is 6.45. The summed E-state index contributed by atoms with van der Waals surface area (Å²) in [5.41, 5.74) is 1.63. The number of aromatic nitrogens is 3. The Hall–Kier alpha value is -4.48. The normalized spacial score (nSPS) is 20.3. The highest BCUT2D eigenvalue weighted by molar-refractivity contribution is 5.81. The Kier molecular flexibility index (Phi) is 7.76. The smallest absolute Gasteiger partial charge is 0.407 e. The lowest BCUT2D eigenvalue weighted by Gasteiger charge is -2.42. The molecule has 3 N–H and O–H groups in total. The van der Waals surface area contributed by atoms with E-state index in [9.17, 15) is 29.7 Å². The van der Waals surface area contributed by atoms with Gasteiger partial charge in [0.25, 0.3) is 5.56 Å². The lowest BCUT2D eigenvalue weighted by atomic mass is 9.79. The number of nitrogens with zero attached hydrogens (tertiary/aromatic N) is 5. The number of carbonyl (C=O) groups is 2. The summed E-state index contributed by atoms with van der Waals surface area (Å²) in [6.45, 7) is 1.28. The molecule has 11 heteroatoms. The Labute approximate surface area is 248 Å². The van der Waals surface area contributed by atoms with Crippen LogP contribution in [0.4, 0.5) is 4.79 Å². The number of likely N-dealkylation sites (tertiary alicyclic amines) is 2. The van der Waals surface area contributed by atoms with Crippen LogP contribution in [0.1, 0.15) is 36.3 Å². The van der Waals surface area contributed by atoms with E-state index in [0.717, 1.165) is 16.8 Å². The van der Waals surface area contributed by atoms with Gasteiger partial charge in [-0.2, -0.15) is 0 Å². The van der Waals surface area contributed by atoms with Gasteiger partial charge in [-0.1, -0.05) is 42.5 Å². The van der Waals surface area contributed by atoms with Crippen molar-refractivity contribution in [1.29, 1.82) is 0 Å². The zero-order chi connectivity index (χ0) is 30.1. The van der Waals surface area contributed by atoms with Crippen LogP contribution in [0.15, 0.2) is 78.0 Å². The van der Waals surface area contributed by atoms with Crippen LogP contribution in [-0.2, 0) is 17.9 Å². The van der Waals surface area contributed by atoms with Crippen LogP contribution in [0.25, 0.3) is 16.7 Å². The fourth-order valence-electron chi connectivity index (χ4n) is 6.45. The number of fused-ring (bicyclic) bond motifs is 1. The lowest BCUT2D eigenvalue weighted by Crippen LogP contribution is -2.53. The third kappa shape index (κ3) is 5.65. The van der Waals surface area contributed by atoms with E-state index in [0.29, 0.717) is 49.9 Å². The molecule has 2 amide bonds. The van der Waals surface area contributed by atoms with E-state index < -0.39 is 11.7 Å². The highest BCUT2D eigenvalue weighted by atomic mass is 16.4. The zero-order valence-electron chi connectivity index (χ0n) is 23.7. The highest BCUT2D eigenvalue weighted by Crippen LogP contribution is 2.35. The Morgan fingerprint density at radius 1 is 0.953 bits per heavy atom. The first kappa shape index (κ1) is 28.6. The van der Waals surface area contributed by atoms with Crippen LogP contribution in [0.3, 0.4) is 0 Å². The highest BCUT2D eigenvalue weighted by Gasteiger charge is 2.41. The molecule has 43 heavy (non-hydrogen) atoms. The number of piperidine rings is 2. The van der Waals surface area contributed by atoms with Gasteiger partial charge in [0, 0.05) is 49.9 Å². The van der Waals surface area contributed by atoms with Crippen LogP contribution >= 0.6 is 0 Å². The van der Waals surface area contributed by atoms with Crippen molar-refractivity contribution in [3.8, 4) is 5.69 Å². The standard InChI is InChI=1S/C32H35N5O6/c38-19-22-6-8-24(9-7-22)37-15-11-26-28(37)33-21-36(30(26)40)20-32(43)12-16-34(17-13-32)29(39)25-10-14-35(31(41)42)18-27(25)23-4-2-1-3-5-23/h1-9,11,15,21,25,27,38,43H,10,12-14,16-20H2,(H,41,42)/t25-,27+/m1/s1. The number of amides is 2. The molecule has 2 saturated heterocycles. The van der Waals surface area contributed by atoms with E-state index in [1.165, 1.54) is 15.8 Å². The van der Waals surface area contributed by atoms with Crippen LogP contribution < -0.4 is 5.56 Å². The van der Waals surface area contributed by atoms with Crippen molar-refractivity contribution in [2.75, 3.05) is 26.2 Å². The minimum atomic E-state index is -1.18. The second kappa shape index (κ2) is 11.7. The van der Waals surface area contributed by atoms with Crippen LogP contribution in [0, 0.1) is 5.92 Å². The van der Waals surface area contributed by atoms with E-state index in [-0.39, 0.29) is 43.0 Å². The van der Waals surface area contributed by atoms with Crippen molar-refractivity contribution < 1.29 is 24.9 Å². The Balaban J connectivity index is 1.14. The molecule has 0 spiro atoms. The monoisotopic (exact) mass is 585 g/mol. The number of benzene rings is 2. The summed E-state index contributed by atoms with van der Waals surface area (Å²) in [6, 6.07) is 18.6. The molecule has 2 atom stereocenters. The maximum absolute atomic E-state index is 13.7. The van der Waals surface area contributed by atoms with Gasteiger partial charge in [0.15, 0.2) is 5.65 Å². The average molecular weight is 586 g/mol. The molecule has 2 fully saturated rings. The average Bonchev–Trinajstić information content (AvgIpc) is 3.47. The molecule has 0 aliphatic carbocycles. The number of hydrogen-bond acceptors (Lipinski definition) is 6. The summed E-state index contributed by atoms with van der Waals surface area (Å²) in [5.74, 6) is -0.604. The van der Waals surface area contributed by atoms with Crippen LogP contribution in [0.5, 0.6) is 0 Å². The SMILES string of the molecule is O=C(O)N1CC[C@@H](C(=O)N2CCC(O)(Cn3cnc4c(ccn4-c4ccc(CO)cc4)c3=O)CC2)[C@H](c2ccccc2)C1. The molecule has 11 nitrogen and oxygen atoms in total. The molecule has 4 heterocycles. The number of aliphatic hydroxyl groups excluding tert-OH is 1. The number of carbonyl (C=O) groups excluding carboxylic acids is 1. The van der Waals surface area contributed by atoms with Crippen molar-refractivity contribution in [2.24, 2.45) is 5.92 Å². The third-order valence-corrected chi connectivity index (χ3v) is 8.97. The van der Waals surface area contributed by atoms with Crippen LogP contribution in [0.2, 0.25) is 0 Å². The second-order valence-corrected chi connectivity index (χ2v) is 11.6. The van der Waals surface area contributed by atoms with Gasteiger partial charge >= 0.3 is 6.09 Å². The van der Waals surface area contributed by atoms with Gasteiger partial charge in [-0.15, -0.1) is 0 Å². The second-order valence-electron chi connectivity index (χ2n) is 11.6. The number of hydrogen-bond donors (Lipinski definition) is 3. The molecule has 2 aliphatic rings. The molecule has 0 radical (unpaired) electrons. The van der Waals surface area contributed by atoms with E-state index in [2.05, 4.69) is 4.98 Å². The third-order valence-electron chi connectivity index (χ3n) is 8.97. The van der Waals surface area contributed by atoms with E-state index >= 15 is 0 Å². The minimum Gasteiger partial charge on any atom is -0.465 e. The van der Waals surface area contributed by atoms with Gasteiger partial charge in [0.05, 0.1) is 24.1 Å². The molecule has 6 rings (SSSR count). The molecular formula is C32H35N5O6. The van der Waals surface area contributed by atoms with E-state index in [1.54, 1.807) is 17.2 Å². The van der Waals surface area contributed by atoms with Gasteiger partial charge in [0.1, 0.15) is 6.33 Å². The molecule has 4 aromatic rings. The molecule has 224 valence electrons. The van der Waals surface area contributed by atoms with Gasteiger partial charge < -0.3 is 29.7 Å². The fraction of sp³-hybridized carbons (Fsp3) is 0.375. The van der Waals surface area contributed by atoms with Crippen LogP contribution in [-0.4, -0.2) is 83.0 Å². The predicted octanol–water partition coefficient (Wildman–Crippen LogP) is 2.82. The van der Waals surface area contributed by atoms with Gasteiger partial charge in [-0.05, 0) is 48.6 Å². The maximum atomic E-state index is 13.7. The number of aliphatic hydroxyl groups is 2. The Morgan fingerprint density at radius 3 is 2.35 bits per heavy atom. The largest absolute Gasteiger partial charge is 0.465 e. The van der Waals surface area contributed by atoms with E-state index in [1.807, 2.05) is 59.2 Å². The Bertz CT molecular complexity index is 1670. The molecule has 2 aromatic heterocycles. The first-order chi connectivity index (χ1) is 20.8. The van der Waals surface area contributed by atoms with E-state index in [4.69, 9.17) is 0 Å². The zero-order valence-corrected chi connectivity index (χ0v) is 23.7. The molecule has 0 bridgehead atoms. The number of rotatable bonds is 6. The van der Waals surface area contributed by atoms with Crippen molar-refractivity contribution in [2.45, 2.75) is 43.9 Å².